The van der Waals surface area contributed by atoms with Gasteiger partial charge in [0.25, 0.3) is 0 Å². The number of hydrogen-bond donors (Lipinski definition) is 1. The molecule has 0 aromatic heterocycles. The molecule has 0 aliphatic heterocycles. The molecule has 0 aliphatic rings. The van der Waals surface area contributed by atoms with Crippen LogP contribution in [0.25, 0.3) is 0 Å². The third-order valence-corrected chi connectivity index (χ3v) is 7.07. The average Bonchev–Trinajstić information content (AvgIpc) is 2.80. The topological polar surface area (TPSA) is 86.8 Å². The highest BCUT2D eigenvalue weighted by molar-refractivity contribution is 7.92. The molecule has 0 radical (unpaired) electrons. The lowest BCUT2D eigenvalue weighted by Crippen LogP contribution is -2.52. The van der Waals surface area contributed by atoms with E-state index in [-0.39, 0.29) is 24.4 Å². The normalized spacial score (nSPS) is 13.3. The second-order valence-electron chi connectivity index (χ2n) is 9.13. The summed E-state index contributed by atoms with van der Waals surface area (Å²) >= 11 is 0. The molecule has 0 spiro atoms. The quantitative estimate of drug-likeness (QED) is 0.499. The predicted molar refractivity (Wildman–Crippen MR) is 137 cm³/mol. The third-order valence-electron chi connectivity index (χ3n) is 5.94. The van der Waals surface area contributed by atoms with Crippen molar-refractivity contribution in [2.45, 2.75) is 65.6 Å². The van der Waals surface area contributed by atoms with Gasteiger partial charge in [0.15, 0.2) is 0 Å². The first-order chi connectivity index (χ1) is 16.3. The lowest BCUT2D eigenvalue weighted by atomic mass is 10.0. The van der Waals surface area contributed by atoms with Crippen molar-refractivity contribution < 1.29 is 22.4 Å². The van der Waals surface area contributed by atoms with Gasteiger partial charge in [-0.3, -0.25) is 13.9 Å². The van der Waals surface area contributed by atoms with Gasteiger partial charge in [-0.1, -0.05) is 51.1 Å². The van der Waals surface area contributed by atoms with Crippen LogP contribution in [0.2, 0.25) is 0 Å². The Balaban J connectivity index is 2.44. The third kappa shape index (κ3) is 7.78. The van der Waals surface area contributed by atoms with Gasteiger partial charge in [-0.2, -0.15) is 0 Å². The molecule has 0 aliphatic carbocycles. The van der Waals surface area contributed by atoms with E-state index >= 15 is 0 Å². The molecule has 0 fully saturated rings. The number of sulfonamides is 1. The number of rotatable bonds is 11. The van der Waals surface area contributed by atoms with Crippen LogP contribution in [0.15, 0.2) is 48.5 Å². The van der Waals surface area contributed by atoms with Crippen molar-refractivity contribution in [1.82, 2.24) is 10.2 Å². The fourth-order valence-corrected chi connectivity index (χ4v) is 4.50. The van der Waals surface area contributed by atoms with Crippen molar-refractivity contribution >= 4 is 27.5 Å². The smallest absolute Gasteiger partial charge is 0.244 e. The van der Waals surface area contributed by atoms with E-state index in [0.717, 1.165) is 22.5 Å². The SMILES string of the molecule is CC[C@@H](C)NC(=O)[C@H](C)N(Cc1ccc(F)cc1)C(=O)CN(c1ccccc1C(C)C)S(C)(=O)=O. The maximum Gasteiger partial charge on any atom is 0.244 e. The Labute approximate surface area is 208 Å². The fourth-order valence-electron chi connectivity index (χ4n) is 3.63. The van der Waals surface area contributed by atoms with Crippen LogP contribution < -0.4 is 9.62 Å². The second kappa shape index (κ2) is 12.2. The van der Waals surface area contributed by atoms with Gasteiger partial charge in [0.05, 0.1) is 11.9 Å². The standard InChI is InChI=1S/C26H36FN3O4S/c1-7-19(4)28-26(32)20(5)29(16-21-12-14-22(27)15-13-21)25(31)17-30(35(6,33)34)24-11-9-8-10-23(24)18(2)3/h8-15,18-20H,7,16-17H2,1-6H3,(H,28,32)/t19-,20+/m1/s1. The number of benzene rings is 2. The van der Waals surface area contributed by atoms with Crippen LogP contribution in [0.1, 0.15) is 58.1 Å². The summed E-state index contributed by atoms with van der Waals surface area (Å²) in [7, 11) is -3.81. The van der Waals surface area contributed by atoms with E-state index in [1.807, 2.05) is 39.8 Å². The minimum absolute atomic E-state index is 0.0254. The zero-order valence-electron chi connectivity index (χ0n) is 21.3. The Hall–Kier alpha value is -2.94. The molecule has 0 bridgehead atoms. The highest BCUT2D eigenvalue weighted by Crippen LogP contribution is 2.29. The van der Waals surface area contributed by atoms with E-state index in [0.29, 0.717) is 11.3 Å². The summed E-state index contributed by atoms with van der Waals surface area (Å²) in [5.74, 6) is -1.27. The molecule has 9 heteroatoms. The summed E-state index contributed by atoms with van der Waals surface area (Å²) in [5, 5.41) is 2.87. The first-order valence-corrected chi connectivity index (χ1v) is 13.6. The number of carbonyl (C=O) groups excluding carboxylic acids is 2. The monoisotopic (exact) mass is 505 g/mol. The summed E-state index contributed by atoms with van der Waals surface area (Å²) in [6, 6.07) is 11.7. The van der Waals surface area contributed by atoms with Crippen molar-refractivity contribution in [3.63, 3.8) is 0 Å². The lowest BCUT2D eigenvalue weighted by Gasteiger charge is -2.32. The number of amides is 2. The number of hydrogen-bond acceptors (Lipinski definition) is 4. The van der Waals surface area contributed by atoms with Gasteiger partial charge in [-0.05, 0) is 55.5 Å². The Kier molecular flexibility index (Phi) is 9.82. The molecule has 7 nitrogen and oxygen atoms in total. The number of anilines is 1. The van der Waals surface area contributed by atoms with Gasteiger partial charge in [-0.15, -0.1) is 0 Å². The highest BCUT2D eigenvalue weighted by Gasteiger charge is 2.31. The van der Waals surface area contributed by atoms with Crippen LogP contribution in [-0.4, -0.2) is 50.0 Å². The van der Waals surface area contributed by atoms with Gasteiger partial charge in [0.2, 0.25) is 21.8 Å². The van der Waals surface area contributed by atoms with E-state index in [2.05, 4.69) is 5.32 Å². The van der Waals surface area contributed by atoms with Gasteiger partial charge in [0.1, 0.15) is 18.4 Å². The van der Waals surface area contributed by atoms with Gasteiger partial charge < -0.3 is 10.2 Å². The average molecular weight is 506 g/mol. The summed E-state index contributed by atoms with van der Waals surface area (Å²) in [6.07, 6.45) is 1.78. The number of halogens is 1. The van der Waals surface area contributed by atoms with Crippen molar-refractivity contribution in [2.24, 2.45) is 0 Å². The first kappa shape index (κ1) is 28.3. The van der Waals surface area contributed by atoms with Crippen LogP contribution in [0, 0.1) is 5.82 Å². The van der Waals surface area contributed by atoms with Gasteiger partial charge in [-0.25, -0.2) is 12.8 Å². The molecular weight excluding hydrogens is 469 g/mol. The van der Waals surface area contributed by atoms with E-state index in [1.54, 1.807) is 19.1 Å². The van der Waals surface area contributed by atoms with Crippen LogP contribution >= 0.6 is 0 Å². The van der Waals surface area contributed by atoms with E-state index in [9.17, 15) is 22.4 Å². The van der Waals surface area contributed by atoms with E-state index in [4.69, 9.17) is 0 Å². The lowest BCUT2D eigenvalue weighted by molar-refractivity contribution is -0.139. The maximum atomic E-state index is 13.6. The maximum absolute atomic E-state index is 13.6. The molecule has 2 amide bonds. The van der Waals surface area contributed by atoms with Gasteiger partial charge in [0, 0.05) is 12.6 Å². The molecule has 0 unspecified atom stereocenters. The molecule has 1 N–H and O–H groups in total. The van der Waals surface area contributed by atoms with E-state index in [1.165, 1.54) is 29.2 Å². The van der Waals surface area contributed by atoms with Crippen molar-refractivity contribution in [1.29, 1.82) is 0 Å². The fraction of sp³-hybridized carbons (Fsp3) is 0.462. The molecular formula is C26H36FN3O4S. The summed E-state index contributed by atoms with van der Waals surface area (Å²) < 4.78 is 40.1. The Bertz CT molecular complexity index is 1120. The summed E-state index contributed by atoms with van der Waals surface area (Å²) in [6.45, 7) is 8.86. The van der Waals surface area contributed by atoms with Crippen LogP contribution in [-0.2, 0) is 26.2 Å². The van der Waals surface area contributed by atoms with Crippen molar-refractivity contribution in [3.05, 3.63) is 65.5 Å². The van der Waals surface area contributed by atoms with Crippen LogP contribution in [0.5, 0.6) is 0 Å². The van der Waals surface area contributed by atoms with Crippen LogP contribution in [0.3, 0.4) is 0 Å². The second-order valence-corrected chi connectivity index (χ2v) is 11.0. The van der Waals surface area contributed by atoms with Crippen LogP contribution in [0.4, 0.5) is 10.1 Å². The molecule has 2 aromatic rings. The number of para-hydroxylation sites is 1. The van der Waals surface area contributed by atoms with E-state index < -0.39 is 34.3 Å². The number of nitrogens with one attached hydrogen (secondary N) is 1. The minimum Gasteiger partial charge on any atom is -0.352 e. The number of nitrogens with zero attached hydrogens (tertiary/aromatic N) is 2. The zero-order chi connectivity index (χ0) is 26.3. The molecule has 2 rings (SSSR count). The molecule has 35 heavy (non-hydrogen) atoms. The largest absolute Gasteiger partial charge is 0.352 e. The highest BCUT2D eigenvalue weighted by atomic mass is 32.2. The molecule has 0 saturated carbocycles. The summed E-state index contributed by atoms with van der Waals surface area (Å²) in [4.78, 5) is 27.8. The molecule has 2 aromatic carbocycles. The van der Waals surface area contributed by atoms with Crippen molar-refractivity contribution in [2.75, 3.05) is 17.1 Å². The minimum atomic E-state index is -3.81. The molecule has 0 saturated heterocycles. The molecule has 192 valence electrons. The predicted octanol–water partition coefficient (Wildman–Crippen LogP) is 4.05. The zero-order valence-corrected chi connectivity index (χ0v) is 22.1. The molecule has 2 atom stereocenters. The summed E-state index contributed by atoms with van der Waals surface area (Å²) in [5.41, 5.74) is 1.84. The molecule has 0 heterocycles. The number of carbonyl (C=O) groups is 2. The Morgan fingerprint density at radius 3 is 2.14 bits per heavy atom. The first-order valence-electron chi connectivity index (χ1n) is 11.8. The van der Waals surface area contributed by atoms with Crippen molar-refractivity contribution in [3.8, 4) is 0 Å². The van der Waals surface area contributed by atoms with Gasteiger partial charge >= 0.3 is 0 Å². The Morgan fingerprint density at radius 1 is 1.00 bits per heavy atom. The Morgan fingerprint density at radius 2 is 1.60 bits per heavy atom.